The normalized spacial score (nSPS) is 10.8. The molecule has 2 heterocycles. The lowest BCUT2D eigenvalue weighted by atomic mass is 10.3. The first-order valence-corrected chi connectivity index (χ1v) is 5.48. The summed E-state index contributed by atoms with van der Waals surface area (Å²) in [5.41, 5.74) is 1.44. The van der Waals surface area contributed by atoms with Gasteiger partial charge in [-0.2, -0.15) is 0 Å². The minimum atomic E-state index is -0.540. The number of anilines is 1. The fraction of sp³-hybridized carbons (Fsp3) is 0.0833. The Morgan fingerprint density at radius 1 is 1.37 bits per heavy atom. The predicted molar refractivity (Wildman–Crippen MR) is 66.0 cm³/mol. The van der Waals surface area contributed by atoms with Gasteiger partial charge in [-0.25, -0.2) is 9.78 Å². The zero-order valence-electron chi connectivity index (χ0n) is 9.89. The van der Waals surface area contributed by atoms with Crippen LogP contribution >= 0.6 is 0 Å². The SMILES string of the molecule is Cc1cnc(C(=O)Nc2ccc3oc(=O)[nH]c3c2)o1. The van der Waals surface area contributed by atoms with Crippen molar-refractivity contribution in [3.8, 4) is 0 Å². The van der Waals surface area contributed by atoms with Crippen LogP contribution in [0.25, 0.3) is 11.1 Å². The van der Waals surface area contributed by atoms with E-state index < -0.39 is 11.7 Å². The molecule has 0 atom stereocenters. The van der Waals surface area contributed by atoms with Gasteiger partial charge in [-0.3, -0.25) is 9.78 Å². The second-order valence-corrected chi connectivity index (χ2v) is 3.96. The third kappa shape index (κ3) is 2.13. The number of nitrogens with zero attached hydrogens (tertiary/aromatic N) is 1. The molecule has 3 rings (SSSR count). The lowest BCUT2D eigenvalue weighted by Crippen LogP contribution is -2.12. The average molecular weight is 259 g/mol. The fourth-order valence-electron chi connectivity index (χ4n) is 1.67. The summed E-state index contributed by atoms with van der Waals surface area (Å²) in [6, 6.07) is 4.80. The van der Waals surface area contributed by atoms with E-state index in [1.54, 1.807) is 25.1 Å². The molecule has 0 radical (unpaired) electrons. The molecule has 0 fully saturated rings. The largest absolute Gasteiger partial charge is 0.438 e. The molecule has 0 saturated carbocycles. The molecule has 7 nitrogen and oxygen atoms in total. The first-order valence-electron chi connectivity index (χ1n) is 5.48. The molecule has 96 valence electrons. The van der Waals surface area contributed by atoms with E-state index in [4.69, 9.17) is 8.83 Å². The maximum Gasteiger partial charge on any atom is 0.417 e. The number of carbonyl (C=O) groups excluding carboxylic acids is 1. The molecule has 2 aromatic heterocycles. The molecule has 0 aliphatic heterocycles. The van der Waals surface area contributed by atoms with Crippen LogP contribution in [0.5, 0.6) is 0 Å². The molecule has 0 aliphatic rings. The maximum atomic E-state index is 11.8. The van der Waals surface area contributed by atoms with Crippen LogP contribution in [0, 0.1) is 6.92 Å². The number of H-pyrrole nitrogens is 1. The van der Waals surface area contributed by atoms with Crippen LogP contribution in [0.4, 0.5) is 5.69 Å². The quantitative estimate of drug-likeness (QED) is 0.728. The summed E-state index contributed by atoms with van der Waals surface area (Å²) < 4.78 is 9.97. The number of carbonyl (C=O) groups is 1. The van der Waals surface area contributed by atoms with Gasteiger partial charge in [0.2, 0.25) is 0 Å². The Balaban J connectivity index is 1.88. The van der Waals surface area contributed by atoms with Gasteiger partial charge in [0, 0.05) is 5.69 Å². The molecule has 0 aliphatic carbocycles. The molecule has 2 N–H and O–H groups in total. The van der Waals surface area contributed by atoms with Crippen molar-refractivity contribution in [2.45, 2.75) is 6.92 Å². The van der Waals surface area contributed by atoms with Gasteiger partial charge < -0.3 is 14.2 Å². The van der Waals surface area contributed by atoms with Crippen LogP contribution in [0.2, 0.25) is 0 Å². The number of amides is 1. The van der Waals surface area contributed by atoms with Gasteiger partial charge in [0.1, 0.15) is 5.76 Å². The van der Waals surface area contributed by atoms with Crippen LogP contribution in [0.3, 0.4) is 0 Å². The van der Waals surface area contributed by atoms with E-state index in [1.165, 1.54) is 6.20 Å². The number of aryl methyl sites for hydroxylation is 1. The van der Waals surface area contributed by atoms with E-state index >= 15 is 0 Å². The van der Waals surface area contributed by atoms with Crippen LogP contribution in [0.15, 0.2) is 38.0 Å². The maximum absolute atomic E-state index is 11.8. The number of benzene rings is 1. The summed E-state index contributed by atoms with van der Waals surface area (Å²) in [5.74, 6) is -0.460. The van der Waals surface area contributed by atoms with E-state index in [0.717, 1.165) is 0 Å². The molecule has 1 amide bonds. The number of hydrogen-bond donors (Lipinski definition) is 2. The molecule has 0 bridgehead atoms. The summed E-state index contributed by atoms with van der Waals surface area (Å²) in [4.78, 5) is 29.1. The Morgan fingerprint density at radius 3 is 2.95 bits per heavy atom. The second kappa shape index (κ2) is 4.13. The Hall–Kier alpha value is -2.83. The van der Waals surface area contributed by atoms with E-state index in [9.17, 15) is 9.59 Å². The molecule has 0 unspecified atom stereocenters. The second-order valence-electron chi connectivity index (χ2n) is 3.96. The van der Waals surface area contributed by atoms with Gasteiger partial charge in [-0.05, 0) is 25.1 Å². The molecular formula is C12H9N3O4. The standard InChI is InChI=1S/C12H9N3O4/c1-6-5-13-11(18-6)10(16)14-7-2-3-9-8(4-7)15-12(17)19-9/h2-5H,1H3,(H,14,16)(H,15,17). The van der Waals surface area contributed by atoms with Crippen molar-refractivity contribution in [2.24, 2.45) is 0 Å². The van der Waals surface area contributed by atoms with Crippen LogP contribution in [-0.2, 0) is 0 Å². The third-order valence-corrected chi connectivity index (χ3v) is 2.49. The van der Waals surface area contributed by atoms with Crippen molar-refractivity contribution in [3.05, 3.63) is 46.6 Å². The lowest BCUT2D eigenvalue weighted by Gasteiger charge is -2.01. The highest BCUT2D eigenvalue weighted by molar-refractivity contribution is 6.01. The van der Waals surface area contributed by atoms with Crippen molar-refractivity contribution < 1.29 is 13.6 Å². The minimum Gasteiger partial charge on any atom is -0.438 e. The van der Waals surface area contributed by atoms with E-state index in [-0.39, 0.29) is 5.89 Å². The van der Waals surface area contributed by atoms with Crippen molar-refractivity contribution in [2.75, 3.05) is 5.32 Å². The molecule has 3 aromatic rings. The smallest absolute Gasteiger partial charge is 0.417 e. The van der Waals surface area contributed by atoms with Gasteiger partial charge >= 0.3 is 11.7 Å². The highest BCUT2D eigenvalue weighted by Crippen LogP contribution is 2.16. The van der Waals surface area contributed by atoms with Gasteiger partial charge in [0.25, 0.3) is 5.89 Å². The zero-order chi connectivity index (χ0) is 13.4. The summed E-state index contributed by atoms with van der Waals surface area (Å²) in [6.07, 6.45) is 1.46. The number of aromatic amines is 1. The fourth-order valence-corrected chi connectivity index (χ4v) is 1.67. The number of hydrogen-bond acceptors (Lipinski definition) is 5. The lowest BCUT2D eigenvalue weighted by molar-refractivity contribution is 0.0989. The molecule has 0 spiro atoms. The van der Waals surface area contributed by atoms with Crippen LogP contribution < -0.4 is 11.1 Å². The number of oxazole rings is 2. The number of nitrogens with one attached hydrogen (secondary N) is 2. The van der Waals surface area contributed by atoms with E-state index in [1.807, 2.05) is 0 Å². The molecule has 7 heteroatoms. The summed E-state index contributed by atoms with van der Waals surface area (Å²) >= 11 is 0. The Morgan fingerprint density at radius 2 is 2.21 bits per heavy atom. The molecule has 19 heavy (non-hydrogen) atoms. The van der Waals surface area contributed by atoms with Gasteiger partial charge in [0.15, 0.2) is 5.58 Å². The van der Waals surface area contributed by atoms with Crippen molar-refractivity contribution >= 4 is 22.7 Å². The first kappa shape index (κ1) is 11.3. The van der Waals surface area contributed by atoms with E-state index in [0.29, 0.717) is 22.5 Å². The van der Waals surface area contributed by atoms with Crippen LogP contribution in [0.1, 0.15) is 16.4 Å². The van der Waals surface area contributed by atoms with Crippen LogP contribution in [-0.4, -0.2) is 15.9 Å². The number of rotatable bonds is 2. The Labute approximate surface area is 106 Å². The van der Waals surface area contributed by atoms with Crippen molar-refractivity contribution in [1.29, 1.82) is 0 Å². The topological polar surface area (TPSA) is 101 Å². The Bertz CT molecular complexity index is 812. The zero-order valence-corrected chi connectivity index (χ0v) is 9.89. The van der Waals surface area contributed by atoms with E-state index in [2.05, 4.69) is 15.3 Å². The number of fused-ring (bicyclic) bond motifs is 1. The minimum absolute atomic E-state index is 0.0155. The highest BCUT2D eigenvalue weighted by Gasteiger charge is 2.12. The monoisotopic (exact) mass is 259 g/mol. The van der Waals surface area contributed by atoms with Crippen molar-refractivity contribution in [1.82, 2.24) is 9.97 Å². The molecule has 0 saturated heterocycles. The van der Waals surface area contributed by atoms with Gasteiger partial charge in [0.05, 0.1) is 11.7 Å². The predicted octanol–water partition coefficient (Wildman–Crippen LogP) is 1.67. The number of aromatic nitrogens is 2. The summed E-state index contributed by atoms with van der Waals surface area (Å²) in [6.45, 7) is 1.70. The average Bonchev–Trinajstić information content (AvgIpc) is 2.93. The van der Waals surface area contributed by atoms with Crippen molar-refractivity contribution in [3.63, 3.8) is 0 Å². The summed E-state index contributed by atoms with van der Waals surface area (Å²) in [5, 5.41) is 2.61. The van der Waals surface area contributed by atoms with Gasteiger partial charge in [-0.1, -0.05) is 0 Å². The summed E-state index contributed by atoms with van der Waals surface area (Å²) in [7, 11) is 0. The van der Waals surface area contributed by atoms with Gasteiger partial charge in [-0.15, -0.1) is 0 Å². The highest BCUT2D eigenvalue weighted by atomic mass is 16.4. The molecular weight excluding hydrogens is 250 g/mol. The third-order valence-electron chi connectivity index (χ3n) is 2.49. The first-order chi connectivity index (χ1) is 9.11. The molecule has 1 aromatic carbocycles. The Kier molecular flexibility index (Phi) is 2.45.